The topological polar surface area (TPSA) is 26.3 Å². The average molecular weight is 220 g/mol. The van der Waals surface area contributed by atoms with Gasteiger partial charge < -0.3 is 4.74 Å². The average Bonchev–Trinajstić information content (AvgIpc) is 2.34. The second kappa shape index (κ2) is 7.04. The Morgan fingerprint density at radius 3 is 2.69 bits per heavy atom. The normalized spacial score (nSPS) is 10.1. The van der Waals surface area contributed by atoms with Gasteiger partial charge in [-0.15, -0.1) is 0 Å². The highest BCUT2D eigenvalue weighted by Gasteiger charge is 2.03. The number of hydrogen-bond acceptors (Lipinski definition) is 2. The Morgan fingerprint density at radius 2 is 2.06 bits per heavy atom. The fraction of sp³-hybridized carbons (Fsp3) is 0.500. The van der Waals surface area contributed by atoms with E-state index in [9.17, 15) is 4.79 Å². The summed E-state index contributed by atoms with van der Waals surface area (Å²) in [5, 5.41) is 0. The largest absolute Gasteiger partial charge is 0.496 e. The molecule has 16 heavy (non-hydrogen) atoms. The molecule has 2 nitrogen and oxygen atoms in total. The third-order valence-corrected chi connectivity index (χ3v) is 2.74. The monoisotopic (exact) mass is 220 g/mol. The fourth-order valence-corrected chi connectivity index (χ4v) is 1.76. The summed E-state index contributed by atoms with van der Waals surface area (Å²) in [5.41, 5.74) is 1.87. The fourth-order valence-electron chi connectivity index (χ4n) is 1.76. The Labute approximate surface area is 97.6 Å². The Morgan fingerprint density at radius 1 is 1.25 bits per heavy atom. The number of aryl methyl sites for hydroxylation is 1. The predicted octanol–water partition coefficient (Wildman–Crippen LogP) is 3.63. The lowest BCUT2D eigenvalue weighted by Crippen LogP contribution is -1.93. The maximum atomic E-state index is 10.7. The molecule has 0 aromatic heterocycles. The van der Waals surface area contributed by atoms with Gasteiger partial charge in [-0.1, -0.05) is 32.3 Å². The lowest BCUT2D eigenvalue weighted by Gasteiger charge is -2.06. The van der Waals surface area contributed by atoms with Crippen molar-refractivity contribution in [1.29, 1.82) is 0 Å². The quantitative estimate of drug-likeness (QED) is 0.518. The Bertz CT molecular complexity index is 332. The summed E-state index contributed by atoms with van der Waals surface area (Å²) in [5.74, 6) is 0.683. The molecule has 0 spiro atoms. The van der Waals surface area contributed by atoms with Crippen LogP contribution in [-0.2, 0) is 6.42 Å². The SMILES string of the molecule is CCCCCCc1ccc(C=O)c(OC)c1. The summed E-state index contributed by atoms with van der Waals surface area (Å²) >= 11 is 0. The molecule has 0 aliphatic heterocycles. The van der Waals surface area contributed by atoms with Gasteiger partial charge in [-0.3, -0.25) is 4.79 Å². The summed E-state index contributed by atoms with van der Waals surface area (Å²) in [7, 11) is 1.60. The van der Waals surface area contributed by atoms with Gasteiger partial charge in [-0.05, 0) is 30.5 Å². The van der Waals surface area contributed by atoms with Gasteiger partial charge in [0, 0.05) is 0 Å². The van der Waals surface area contributed by atoms with Gasteiger partial charge in [0.1, 0.15) is 5.75 Å². The Balaban J connectivity index is 2.57. The first-order chi connectivity index (χ1) is 7.81. The summed E-state index contributed by atoms with van der Waals surface area (Å²) in [6.45, 7) is 2.21. The number of carbonyl (C=O) groups is 1. The smallest absolute Gasteiger partial charge is 0.153 e. The van der Waals surface area contributed by atoms with E-state index in [0.717, 1.165) is 12.7 Å². The second-order valence-corrected chi connectivity index (χ2v) is 4.00. The number of ether oxygens (including phenoxy) is 1. The van der Waals surface area contributed by atoms with Gasteiger partial charge in [-0.2, -0.15) is 0 Å². The van der Waals surface area contributed by atoms with Crippen LogP contribution in [0.25, 0.3) is 0 Å². The molecular formula is C14H20O2. The minimum atomic E-state index is 0.625. The first kappa shape index (κ1) is 12.8. The van der Waals surface area contributed by atoms with Crippen LogP contribution in [0, 0.1) is 0 Å². The molecule has 1 aromatic carbocycles. The van der Waals surface area contributed by atoms with Crippen molar-refractivity contribution in [2.75, 3.05) is 7.11 Å². The van der Waals surface area contributed by atoms with Crippen LogP contribution in [0.3, 0.4) is 0 Å². The van der Waals surface area contributed by atoms with Crippen LogP contribution in [-0.4, -0.2) is 13.4 Å². The van der Waals surface area contributed by atoms with Crippen molar-refractivity contribution in [3.63, 3.8) is 0 Å². The molecule has 0 amide bonds. The van der Waals surface area contributed by atoms with Crippen LogP contribution < -0.4 is 4.74 Å². The van der Waals surface area contributed by atoms with Crippen molar-refractivity contribution < 1.29 is 9.53 Å². The van der Waals surface area contributed by atoms with E-state index in [2.05, 4.69) is 6.92 Å². The molecular weight excluding hydrogens is 200 g/mol. The van der Waals surface area contributed by atoms with E-state index in [4.69, 9.17) is 4.74 Å². The van der Waals surface area contributed by atoms with Crippen LogP contribution in [0.2, 0.25) is 0 Å². The van der Waals surface area contributed by atoms with E-state index in [1.165, 1.54) is 31.2 Å². The second-order valence-electron chi connectivity index (χ2n) is 4.00. The molecule has 0 aliphatic carbocycles. The molecule has 0 fully saturated rings. The lowest BCUT2D eigenvalue weighted by atomic mass is 10.0. The maximum Gasteiger partial charge on any atom is 0.153 e. The number of methoxy groups -OCH3 is 1. The molecule has 2 heteroatoms. The van der Waals surface area contributed by atoms with Gasteiger partial charge in [0.2, 0.25) is 0 Å². The predicted molar refractivity (Wildman–Crippen MR) is 66.2 cm³/mol. The van der Waals surface area contributed by atoms with Crippen LogP contribution in [0.15, 0.2) is 18.2 Å². The standard InChI is InChI=1S/C14H20O2/c1-3-4-5-6-7-12-8-9-13(11-15)14(10-12)16-2/h8-11H,3-7H2,1-2H3. The van der Waals surface area contributed by atoms with Crippen molar-refractivity contribution in [3.05, 3.63) is 29.3 Å². The Kier molecular flexibility index (Phi) is 5.62. The zero-order valence-corrected chi connectivity index (χ0v) is 10.2. The zero-order valence-electron chi connectivity index (χ0n) is 10.2. The molecule has 1 aromatic rings. The molecule has 0 radical (unpaired) electrons. The van der Waals surface area contributed by atoms with Crippen molar-refractivity contribution in [1.82, 2.24) is 0 Å². The highest BCUT2D eigenvalue weighted by molar-refractivity contribution is 5.79. The molecule has 0 saturated carbocycles. The minimum Gasteiger partial charge on any atom is -0.496 e. The number of unbranched alkanes of at least 4 members (excludes halogenated alkanes) is 3. The Hall–Kier alpha value is -1.31. The van der Waals surface area contributed by atoms with E-state index in [0.29, 0.717) is 11.3 Å². The molecule has 0 bridgehead atoms. The summed E-state index contributed by atoms with van der Waals surface area (Å²) in [4.78, 5) is 10.7. The molecule has 0 saturated heterocycles. The van der Waals surface area contributed by atoms with Crippen molar-refractivity contribution >= 4 is 6.29 Å². The third kappa shape index (κ3) is 3.69. The van der Waals surface area contributed by atoms with E-state index >= 15 is 0 Å². The third-order valence-electron chi connectivity index (χ3n) is 2.74. The van der Waals surface area contributed by atoms with Gasteiger partial charge in [0.15, 0.2) is 6.29 Å². The first-order valence-corrected chi connectivity index (χ1v) is 5.94. The lowest BCUT2D eigenvalue weighted by molar-refractivity contribution is 0.112. The van der Waals surface area contributed by atoms with E-state index in [1.54, 1.807) is 7.11 Å². The molecule has 0 aliphatic rings. The van der Waals surface area contributed by atoms with Crippen molar-refractivity contribution in [2.45, 2.75) is 39.0 Å². The molecule has 1 rings (SSSR count). The van der Waals surface area contributed by atoms with Crippen LogP contribution >= 0.6 is 0 Å². The van der Waals surface area contributed by atoms with E-state index in [-0.39, 0.29) is 0 Å². The number of rotatable bonds is 7. The summed E-state index contributed by atoms with van der Waals surface area (Å²) in [6.07, 6.45) is 6.93. The van der Waals surface area contributed by atoms with Gasteiger partial charge >= 0.3 is 0 Å². The molecule has 0 atom stereocenters. The highest BCUT2D eigenvalue weighted by atomic mass is 16.5. The minimum absolute atomic E-state index is 0.625. The number of carbonyl (C=O) groups excluding carboxylic acids is 1. The molecule has 0 unspecified atom stereocenters. The maximum absolute atomic E-state index is 10.7. The summed E-state index contributed by atoms with van der Waals surface area (Å²) in [6, 6.07) is 5.81. The number of aldehydes is 1. The van der Waals surface area contributed by atoms with Gasteiger partial charge in [0.25, 0.3) is 0 Å². The number of hydrogen-bond donors (Lipinski definition) is 0. The van der Waals surface area contributed by atoms with E-state index in [1.807, 2.05) is 18.2 Å². The molecule has 88 valence electrons. The van der Waals surface area contributed by atoms with Gasteiger partial charge in [0.05, 0.1) is 12.7 Å². The van der Waals surface area contributed by atoms with Crippen LogP contribution in [0.1, 0.15) is 48.5 Å². The van der Waals surface area contributed by atoms with Crippen molar-refractivity contribution in [2.24, 2.45) is 0 Å². The van der Waals surface area contributed by atoms with Crippen LogP contribution in [0.5, 0.6) is 5.75 Å². The molecule has 0 N–H and O–H groups in total. The highest BCUT2D eigenvalue weighted by Crippen LogP contribution is 2.19. The first-order valence-electron chi connectivity index (χ1n) is 5.94. The van der Waals surface area contributed by atoms with E-state index < -0.39 is 0 Å². The molecule has 0 heterocycles. The van der Waals surface area contributed by atoms with Crippen molar-refractivity contribution in [3.8, 4) is 5.75 Å². The van der Waals surface area contributed by atoms with Crippen LogP contribution in [0.4, 0.5) is 0 Å². The van der Waals surface area contributed by atoms with Gasteiger partial charge in [-0.25, -0.2) is 0 Å². The number of benzene rings is 1. The summed E-state index contributed by atoms with van der Waals surface area (Å²) < 4.78 is 5.17. The zero-order chi connectivity index (χ0) is 11.8.